The van der Waals surface area contributed by atoms with Crippen molar-refractivity contribution in [2.24, 2.45) is 5.41 Å². The van der Waals surface area contributed by atoms with Gasteiger partial charge in [0, 0.05) is 0 Å². The first-order chi connectivity index (χ1) is 8.53. The summed E-state index contributed by atoms with van der Waals surface area (Å²) in [7, 11) is 0. The lowest BCUT2D eigenvalue weighted by atomic mass is 9.90. The molecule has 0 saturated heterocycles. The molecule has 2 nitrogen and oxygen atoms in total. The maximum atomic E-state index is 12.7. The van der Waals surface area contributed by atoms with Gasteiger partial charge in [-0.15, -0.1) is 0 Å². The highest BCUT2D eigenvalue weighted by Crippen LogP contribution is 2.19. The lowest BCUT2D eigenvalue weighted by Crippen LogP contribution is -2.20. The number of halogens is 1. The average Bonchev–Trinajstić information content (AvgIpc) is 2.36. The topological polar surface area (TPSA) is 35.8 Å². The van der Waals surface area contributed by atoms with Gasteiger partial charge in [0.1, 0.15) is 5.82 Å². The second kappa shape index (κ2) is 7.13. The highest BCUT2D eigenvalue weighted by molar-refractivity contribution is 5.16. The van der Waals surface area contributed by atoms with Crippen LogP contribution in [0.3, 0.4) is 0 Å². The Kier molecular flexibility index (Phi) is 5.80. The average molecular weight is 248 g/mol. The highest BCUT2D eigenvalue weighted by Gasteiger charge is 2.15. The van der Waals surface area contributed by atoms with Crippen LogP contribution in [0.25, 0.3) is 0 Å². The minimum absolute atomic E-state index is 0.189. The fraction of sp³-hybridized carbons (Fsp3) is 0.533. The molecule has 0 fully saturated rings. The standard InChI is InChI=1S/C15H21FN2/c1-15(2,12-17)9-3-10-18-11-8-13-4-6-14(16)7-5-13/h4-7,18H,3,8-11H2,1-2H3. The van der Waals surface area contributed by atoms with Crippen LogP contribution in [-0.2, 0) is 6.42 Å². The summed E-state index contributed by atoms with van der Waals surface area (Å²) >= 11 is 0. The Morgan fingerprint density at radius 2 is 1.89 bits per heavy atom. The predicted octanol–water partition coefficient (Wildman–Crippen LogP) is 3.29. The summed E-state index contributed by atoms with van der Waals surface area (Å²) in [5.41, 5.74) is 0.916. The van der Waals surface area contributed by atoms with Gasteiger partial charge in [0.2, 0.25) is 0 Å². The van der Waals surface area contributed by atoms with Crippen molar-refractivity contribution in [1.29, 1.82) is 5.26 Å². The van der Waals surface area contributed by atoms with E-state index in [0.717, 1.165) is 37.9 Å². The van der Waals surface area contributed by atoms with Gasteiger partial charge in [0.15, 0.2) is 0 Å². The maximum Gasteiger partial charge on any atom is 0.123 e. The van der Waals surface area contributed by atoms with Crippen LogP contribution in [0.4, 0.5) is 4.39 Å². The third-order valence-electron chi connectivity index (χ3n) is 2.96. The van der Waals surface area contributed by atoms with E-state index in [4.69, 9.17) is 5.26 Å². The first-order valence-electron chi connectivity index (χ1n) is 6.40. The molecule has 0 unspecified atom stereocenters. The second-order valence-corrected chi connectivity index (χ2v) is 5.23. The third-order valence-corrected chi connectivity index (χ3v) is 2.96. The Hall–Kier alpha value is -1.40. The van der Waals surface area contributed by atoms with E-state index in [0.29, 0.717) is 0 Å². The zero-order valence-corrected chi connectivity index (χ0v) is 11.2. The molecule has 1 aromatic rings. The van der Waals surface area contributed by atoms with Crippen LogP contribution in [0.15, 0.2) is 24.3 Å². The van der Waals surface area contributed by atoms with Gasteiger partial charge in [-0.2, -0.15) is 5.26 Å². The van der Waals surface area contributed by atoms with E-state index < -0.39 is 0 Å². The summed E-state index contributed by atoms with van der Waals surface area (Å²) in [6.07, 6.45) is 2.82. The molecule has 0 aliphatic rings. The predicted molar refractivity (Wildman–Crippen MR) is 71.6 cm³/mol. The molecule has 0 aliphatic carbocycles. The summed E-state index contributed by atoms with van der Waals surface area (Å²) in [4.78, 5) is 0. The Balaban J connectivity index is 2.09. The summed E-state index contributed by atoms with van der Waals surface area (Å²) < 4.78 is 12.7. The van der Waals surface area contributed by atoms with Crippen LogP contribution >= 0.6 is 0 Å². The van der Waals surface area contributed by atoms with E-state index in [1.807, 2.05) is 26.0 Å². The van der Waals surface area contributed by atoms with Gasteiger partial charge < -0.3 is 5.32 Å². The molecular formula is C15H21FN2. The molecule has 1 aromatic carbocycles. The van der Waals surface area contributed by atoms with Gasteiger partial charge in [-0.3, -0.25) is 0 Å². The fourth-order valence-corrected chi connectivity index (χ4v) is 1.72. The lowest BCUT2D eigenvalue weighted by Gasteiger charge is -2.14. The maximum absolute atomic E-state index is 12.7. The molecule has 0 spiro atoms. The number of benzene rings is 1. The number of nitriles is 1. The van der Waals surface area contributed by atoms with Crippen LogP contribution in [-0.4, -0.2) is 13.1 Å². The summed E-state index contributed by atoms with van der Waals surface area (Å²) in [5, 5.41) is 12.2. The van der Waals surface area contributed by atoms with Gasteiger partial charge in [-0.1, -0.05) is 12.1 Å². The minimum Gasteiger partial charge on any atom is -0.316 e. The van der Waals surface area contributed by atoms with Crippen molar-refractivity contribution in [2.75, 3.05) is 13.1 Å². The molecule has 3 heteroatoms. The van der Waals surface area contributed by atoms with E-state index in [1.54, 1.807) is 0 Å². The van der Waals surface area contributed by atoms with Crippen molar-refractivity contribution in [1.82, 2.24) is 5.32 Å². The van der Waals surface area contributed by atoms with Crippen LogP contribution in [0, 0.1) is 22.6 Å². The van der Waals surface area contributed by atoms with Gasteiger partial charge in [0.25, 0.3) is 0 Å². The van der Waals surface area contributed by atoms with Gasteiger partial charge in [0.05, 0.1) is 11.5 Å². The third kappa shape index (κ3) is 5.79. The SMILES string of the molecule is CC(C)(C#N)CCCNCCc1ccc(F)cc1. The van der Waals surface area contributed by atoms with Crippen molar-refractivity contribution in [3.63, 3.8) is 0 Å². The van der Waals surface area contributed by atoms with Crippen LogP contribution < -0.4 is 5.32 Å². The molecule has 1 N–H and O–H groups in total. The number of hydrogen-bond acceptors (Lipinski definition) is 2. The quantitative estimate of drug-likeness (QED) is 0.752. The summed E-state index contributed by atoms with van der Waals surface area (Å²) in [5.74, 6) is -0.189. The summed E-state index contributed by atoms with van der Waals surface area (Å²) in [6, 6.07) is 8.91. The molecule has 0 saturated carbocycles. The van der Waals surface area contributed by atoms with E-state index in [1.165, 1.54) is 12.1 Å². The Morgan fingerprint density at radius 1 is 1.22 bits per heavy atom. The number of hydrogen-bond donors (Lipinski definition) is 1. The van der Waals surface area contributed by atoms with Crippen LogP contribution in [0.2, 0.25) is 0 Å². The molecule has 1 rings (SSSR count). The zero-order valence-electron chi connectivity index (χ0n) is 11.2. The molecule has 0 amide bonds. The molecule has 0 aliphatic heterocycles. The van der Waals surface area contributed by atoms with Crippen molar-refractivity contribution in [3.05, 3.63) is 35.6 Å². The molecule has 0 aromatic heterocycles. The molecule has 0 heterocycles. The van der Waals surface area contributed by atoms with Gasteiger partial charge in [-0.05, 0) is 63.9 Å². The molecule has 0 bridgehead atoms. The first kappa shape index (κ1) is 14.7. The van der Waals surface area contributed by atoms with Gasteiger partial charge >= 0.3 is 0 Å². The van der Waals surface area contributed by atoms with Crippen molar-refractivity contribution in [3.8, 4) is 6.07 Å². The van der Waals surface area contributed by atoms with Crippen LogP contribution in [0.5, 0.6) is 0 Å². The Bertz CT molecular complexity index is 390. The van der Waals surface area contributed by atoms with E-state index in [2.05, 4.69) is 11.4 Å². The van der Waals surface area contributed by atoms with E-state index in [9.17, 15) is 4.39 Å². The van der Waals surface area contributed by atoms with Crippen LogP contribution in [0.1, 0.15) is 32.3 Å². The van der Waals surface area contributed by atoms with Crippen molar-refractivity contribution < 1.29 is 4.39 Å². The number of nitrogens with one attached hydrogen (secondary N) is 1. The second-order valence-electron chi connectivity index (χ2n) is 5.23. The Morgan fingerprint density at radius 3 is 2.50 bits per heavy atom. The van der Waals surface area contributed by atoms with Crippen molar-refractivity contribution in [2.45, 2.75) is 33.1 Å². The molecule has 0 radical (unpaired) electrons. The van der Waals surface area contributed by atoms with E-state index in [-0.39, 0.29) is 11.2 Å². The molecule has 98 valence electrons. The van der Waals surface area contributed by atoms with Crippen molar-refractivity contribution >= 4 is 0 Å². The zero-order chi connectivity index (χ0) is 13.4. The lowest BCUT2D eigenvalue weighted by molar-refractivity contribution is 0.426. The first-order valence-corrected chi connectivity index (χ1v) is 6.40. The number of rotatable bonds is 7. The molecule has 0 atom stereocenters. The number of nitrogens with zero attached hydrogens (tertiary/aromatic N) is 1. The van der Waals surface area contributed by atoms with Gasteiger partial charge in [-0.25, -0.2) is 4.39 Å². The minimum atomic E-state index is -0.224. The monoisotopic (exact) mass is 248 g/mol. The smallest absolute Gasteiger partial charge is 0.123 e. The largest absolute Gasteiger partial charge is 0.316 e. The van der Waals surface area contributed by atoms with E-state index >= 15 is 0 Å². The fourth-order valence-electron chi connectivity index (χ4n) is 1.72. The molecule has 18 heavy (non-hydrogen) atoms. The Labute approximate surface area is 109 Å². The molecular weight excluding hydrogens is 227 g/mol. The summed E-state index contributed by atoms with van der Waals surface area (Å²) in [6.45, 7) is 5.74. The normalized spacial score (nSPS) is 11.2. The highest BCUT2D eigenvalue weighted by atomic mass is 19.1.